The molecule has 0 aromatic carbocycles. The summed E-state index contributed by atoms with van der Waals surface area (Å²) in [5.74, 6) is 5.98. The van der Waals surface area contributed by atoms with Crippen molar-refractivity contribution < 1.29 is 0 Å². The van der Waals surface area contributed by atoms with Crippen LogP contribution in [-0.2, 0) is 0 Å². The van der Waals surface area contributed by atoms with Crippen molar-refractivity contribution in [2.24, 2.45) is 5.41 Å². The average molecular weight is 109 g/mol. The summed E-state index contributed by atoms with van der Waals surface area (Å²) in [6.45, 7) is 8.25. The maximum Gasteiger partial charge on any atom is 0.0309 e. The van der Waals surface area contributed by atoms with Crippen molar-refractivity contribution in [1.82, 2.24) is 0 Å². The third-order valence-corrected chi connectivity index (χ3v) is 0.592. The third kappa shape index (κ3) is 5.56. The molecule has 0 heteroatoms. The topological polar surface area (TPSA) is 0 Å². The van der Waals surface area contributed by atoms with E-state index in [0.717, 1.165) is 0 Å². The normalized spacial score (nSPS) is 10.0. The van der Waals surface area contributed by atoms with Crippen molar-refractivity contribution in [2.75, 3.05) is 0 Å². The molecule has 0 fully saturated rings. The van der Waals surface area contributed by atoms with Crippen molar-refractivity contribution in [3.8, 4) is 11.8 Å². The molecule has 0 aromatic rings. The fraction of sp³-hybridized carbons (Fsp3) is 0.625. The van der Waals surface area contributed by atoms with E-state index in [0.29, 0.717) is 0 Å². The Labute approximate surface area is 52.3 Å². The smallest absolute Gasteiger partial charge is 0.0309 e. The second kappa shape index (κ2) is 2.77. The van der Waals surface area contributed by atoms with Crippen LogP contribution in [0.15, 0.2) is 0 Å². The first-order valence-electron chi connectivity index (χ1n) is 2.87. The van der Waals surface area contributed by atoms with Crippen LogP contribution in [0.2, 0.25) is 0 Å². The van der Waals surface area contributed by atoms with Gasteiger partial charge in [0, 0.05) is 11.8 Å². The second-order valence-electron chi connectivity index (χ2n) is 2.81. The number of rotatable bonds is 0. The standard InChI is InChI=1S/C8H13/c1-5-6-7-8(2,3)4/h5H,1-4H3. The minimum atomic E-state index is 0.159. The molecule has 0 amide bonds. The van der Waals surface area contributed by atoms with Crippen LogP contribution >= 0.6 is 0 Å². The molecule has 0 saturated heterocycles. The van der Waals surface area contributed by atoms with Gasteiger partial charge >= 0.3 is 0 Å². The lowest BCUT2D eigenvalue weighted by atomic mass is 9.98. The van der Waals surface area contributed by atoms with E-state index < -0.39 is 0 Å². The molecule has 0 N–H and O–H groups in total. The van der Waals surface area contributed by atoms with E-state index in [2.05, 4.69) is 32.6 Å². The van der Waals surface area contributed by atoms with Crippen LogP contribution in [0.4, 0.5) is 0 Å². The molecule has 0 rings (SSSR count). The molecule has 0 aromatic heterocycles. The lowest BCUT2D eigenvalue weighted by Crippen LogP contribution is -1.98. The quantitative estimate of drug-likeness (QED) is 0.418. The maximum absolute atomic E-state index is 3.07. The van der Waals surface area contributed by atoms with Crippen molar-refractivity contribution in [2.45, 2.75) is 27.7 Å². The van der Waals surface area contributed by atoms with Crippen LogP contribution in [-0.4, -0.2) is 0 Å². The van der Waals surface area contributed by atoms with Gasteiger partial charge in [-0.15, -0.1) is 0 Å². The average Bonchev–Trinajstić information content (AvgIpc) is 1.59. The summed E-state index contributed by atoms with van der Waals surface area (Å²) < 4.78 is 0. The molecule has 0 aliphatic rings. The summed E-state index contributed by atoms with van der Waals surface area (Å²) in [5, 5.41) is 0. The zero-order valence-corrected chi connectivity index (χ0v) is 6.08. The summed E-state index contributed by atoms with van der Waals surface area (Å²) in [6.07, 6.45) is 1.87. The first-order valence-corrected chi connectivity index (χ1v) is 2.87. The van der Waals surface area contributed by atoms with Crippen molar-refractivity contribution >= 4 is 0 Å². The molecular formula is C8H13. The number of hydrogen-bond donors (Lipinski definition) is 0. The van der Waals surface area contributed by atoms with E-state index in [1.54, 1.807) is 0 Å². The third-order valence-electron chi connectivity index (χ3n) is 0.592. The van der Waals surface area contributed by atoms with Crippen LogP contribution in [0.25, 0.3) is 0 Å². The number of hydrogen-bond acceptors (Lipinski definition) is 0. The van der Waals surface area contributed by atoms with Gasteiger partial charge in [-0.3, -0.25) is 0 Å². The highest BCUT2D eigenvalue weighted by Gasteiger charge is 2.01. The Bertz CT molecular complexity index is 104. The van der Waals surface area contributed by atoms with Gasteiger partial charge in [-0.05, 0) is 20.8 Å². The van der Waals surface area contributed by atoms with E-state index in [4.69, 9.17) is 0 Å². The highest BCUT2D eigenvalue weighted by atomic mass is 14.0. The molecule has 45 valence electrons. The molecule has 1 radical (unpaired) electrons. The molecule has 0 spiro atoms. The van der Waals surface area contributed by atoms with Crippen LogP contribution in [0.1, 0.15) is 27.7 Å². The highest BCUT2D eigenvalue weighted by Crippen LogP contribution is 2.09. The van der Waals surface area contributed by atoms with Gasteiger partial charge in [-0.1, -0.05) is 18.8 Å². The monoisotopic (exact) mass is 109 g/mol. The Balaban J connectivity index is 3.69. The zero-order valence-electron chi connectivity index (χ0n) is 6.08. The van der Waals surface area contributed by atoms with Crippen LogP contribution in [0.3, 0.4) is 0 Å². The van der Waals surface area contributed by atoms with E-state index in [9.17, 15) is 0 Å². The SMILES string of the molecule is C[CH]C#CC(C)(C)C. The molecule has 8 heavy (non-hydrogen) atoms. The van der Waals surface area contributed by atoms with Gasteiger partial charge in [0.05, 0.1) is 0 Å². The minimum Gasteiger partial charge on any atom is -0.0984 e. The Morgan fingerprint density at radius 1 is 1.25 bits per heavy atom. The maximum atomic E-state index is 3.07. The van der Waals surface area contributed by atoms with Crippen LogP contribution < -0.4 is 0 Å². The summed E-state index contributed by atoms with van der Waals surface area (Å²) >= 11 is 0. The van der Waals surface area contributed by atoms with Gasteiger partial charge in [-0.2, -0.15) is 0 Å². The van der Waals surface area contributed by atoms with E-state index >= 15 is 0 Å². The Hall–Kier alpha value is -0.440. The molecule has 0 nitrogen and oxygen atoms in total. The van der Waals surface area contributed by atoms with Crippen molar-refractivity contribution in [1.29, 1.82) is 0 Å². The predicted octanol–water partition coefficient (Wildman–Crippen LogP) is 2.26. The Morgan fingerprint density at radius 2 is 1.75 bits per heavy atom. The second-order valence-corrected chi connectivity index (χ2v) is 2.81. The lowest BCUT2D eigenvalue weighted by molar-refractivity contribution is 0.571. The summed E-state index contributed by atoms with van der Waals surface area (Å²) in [5.41, 5.74) is 0.159. The largest absolute Gasteiger partial charge is 0.0984 e. The molecule has 0 saturated carbocycles. The van der Waals surface area contributed by atoms with Gasteiger partial charge in [0.15, 0.2) is 0 Å². The van der Waals surface area contributed by atoms with Gasteiger partial charge in [0.1, 0.15) is 0 Å². The fourth-order valence-electron chi connectivity index (χ4n) is 0.289. The van der Waals surface area contributed by atoms with Crippen LogP contribution in [0.5, 0.6) is 0 Å². The highest BCUT2D eigenvalue weighted by molar-refractivity contribution is 5.13. The Kier molecular flexibility index (Phi) is 2.62. The molecule has 0 heterocycles. The van der Waals surface area contributed by atoms with Gasteiger partial charge in [-0.25, -0.2) is 0 Å². The first-order chi connectivity index (χ1) is 3.56. The minimum absolute atomic E-state index is 0.159. The zero-order chi connectivity index (χ0) is 6.62. The van der Waals surface area contributed by atoms with Gasteiger partial charge < -0.3 is 0 Å². The molecular weight excluding hydrogens is 96.1 g/mol. The molecule has 0 aliphatic carbocycles. The molecule has 0 bridgehead atoms. The lowest BCUT2D eigenvalue weighted by Gasteiger charge is -2.06. The van der Waals surface area contributed by atoms with E-state index in [1.807, 2.05) is 13.3 Å². The fourth-order valence-corrected chi connectivity index (χ4v) is 0.289. The molecule has 0 unspecified atom stereocenters. The van der Waals surface area contributed by atoms with Crippen molar-refractivity contribution in [3.63, 3.8) is 0 Å². The first kappa shape index (κ1) is 7.56. The Morgan fingerprint density at radius 3 is 1.88 bits per heavy atom. The molecule has 0 atom stereocenters. The van der Waals surface area contributed by atoms with Crippen LogP contribution in [0, 0.1) is 23.7 Å². The summed E-state index contributed by atoms with van der Waals surface area (Å²) in [6, 6.07) is 0. The van der Waals surface area contributed by atoms with E-state index in [-0.39, 0.29) is 5.41 Å². The van der Waals surface area contributed by atoms with Crippen molar-refractivity contribution in [3.05, 3.63) is 6.42 Å². The van der Waals surface area contributed by atoms with E-state index in [1.165, 1.54) is 0 Å². The summed E-state index contributed by atoms with van der Waals surface area (Å²) in [4.78, 5) is 0. The van der Waals surface area contributed by atoms with Gasteiger partial charge in [0.25, 0.3) is 0 Å². The molecule has 0 aliphatic heterocycles. The predicted molar refractivity (Wildman–Crippen MR) is 37.2 cm³/mol. The van der Waals surface area contributed by atoms with Gasteiger partial charge in [0.2, 0.25) is 0 Å². The summed E-state index contributed by atoms with van der Waals surface area (Å²) in [7, 11) is 0.